The van der Waals surface area contributed by atoms with E-state index in [0.29, 0.717) is 0 Å². The molecule has 2 aromatic carbocycles. The lowest BCUT2D eigenvalue weighted by Gasteiger charge is -2.21. The Labute approximate surface area is 125 Å². The van der Waals surface area contributed by atoms with E-state index >= 15 is 0 Å². The van der Waals surface area contributed by atoms with Gasteiger partial charge >= 0.3 is 0 Å². The minimum Gasteiger partial charge on any atom is -0.508 e. The molecule has 3 N–H and O–H groups in total. The van der Waals surface area contributed by atoms with Crippen molar-refractivity contribution < 1.29 is 14.9 Å². The first-order valence-corrected chi connectivity index (χ1v) is 6.93. The second-order valence-corrected chi connectivity index (χ2v) is 5.13. The fourth-order valence-electron chi connectivity index (χ4n) is 2.35. The molecule has 0 fully saturated rings. The SMILES string of the molecule is COc1ccc(C(C)NC(C)c2ccc(O)cc2O)cc1. The van der Waals surface area contributed by atoms with Crippen molar-refractivity contribution >= 4 is 0 Å². The minimum absolute atomic E-state index is 0.0392. The third-order valence-electron chi connectivity index (χ3n) is 3.60. The van der Waals surface area contributed by atoms with E-state index in [1.165, 1.54) is 6.07 Å². The largest absolute Gasteiger partial charge is 0.508 e. The van der Waals surface area contributed by atoms with Gasteiger partial charge in [-0.05, 0) is 37.6 Å². The highest BCUT2D eigenvalue weighted by atomic mass is 16.5. The molecular weight excluding hydrogens is 266 g/mol. The molecule has 2 atom stereocenters. The highest BCUT2D eigenvalue weighted by molar-refractivity contribution is 5.40. The Morgan fingerprint density at radius 3 is 2.19 bits per heavy atom. The second-order valence-electron chi connectivity index (χ2n) is 5.13. The number of hydrogen-bond donors (Lipinski definition) is 3. The molecule has 2 aromatic rings. The Morgan fingerprint density at radius 2 is 1.62 bits per heavy atom. The van der Waals surface area contributed by atoms with Crippen molar-refractivity contribution in [2.24, 2.45) is 0 Å². The predicted molar refractivity (Wildman–Crippen MR) is 82.7 cm³/mol. The topological polar surface area (TPSA) is 61.7 Å². The summed E-state index contributed by atoms with van der Waals surface area (Å²) in [6.07, 6.45) is 0. The van der Waals surface area contributed by atoms with Crippen LogP contribution in [0.1, 0.15) is 37.1 Å². The maximum atomic E-state index is 9.90. The van der Waals surface area contributed by atoms with Crippen LogP contribution < -0.4 is 10.1 Å². The Hall–Kier alpha value is -2.20. The number of phenolic OH excluding ortho intramolecular Hbond substituents is 2. The highest BCUT2D eigenvalue weighted by Crippen LogP contribution is 2.29. The second kappa shape index (κ2) is 6.50. The average Bonchev–Trinajstić information content (AvgIpc) is 2.47. The molecular formula is C17H21NO3. The number of hydrogen-bond acceptors (Lipinski definition) is 4. The van der Waals surface area contributed by atoms with Gasteiger partial charge in [-0.2, -0.15) is 0 Å². The van der Waals surface area contributed by atoms with Crippen molar-refractivity contribution in [1.82, 2.24) is 5.32 Å². The van der Waals surface area contributed by atoms with E-state index in [0.717, 1.165) is 16.9 Å². The smallest absolute Gasteiger partial charge is 0.124 e. The number of phenols is 2. The number of benzene rings is 2. The van der Waals surface area contributed by atoms with Crippen LogP contribution in [-0.2, 0) is 0 Å². The van der Waals surface area contributed by atoms with Crippen LogP contribution in [-0.4, -0.2) is 17.3 Å². The molecule has 2 unspecified atom stereocenters. The summed E-state index contributed by atoms with van der Waals surface area (Å²) in [4.78, 5) is 0. The van der Waals surface area contributed by atoms with Gasteiger partial charge < -0.3 is 20.3 Å². The quantitative estimate of drug-likeness (QED) is 0.787. The summed E-state index contributed by atoms with van der Waals surface area (Å²) in [6, 6.07) is 12.6. The summed E-state index contributed by atoms with van der Waals surface area (Å²) in [5.74, 6) is 0.985. The van der Waals surface area contributed by atoms with E-state index < -0.39 is 0 Å². The Kier molecular flexibility index (Phi) is 4.70. The molecule has 0 saturated carbocycles. The molecule has 4 heteroatoms. The third kappa shape index (κ3) is 3.67. The molecule has 21 heavy (non-hydrogen) atoms. The zero-order valence-electron chi connectivity index (χ0n) is 12.5. The van der Waals surface area contributed by atoms with Gasteiger partial charge in [-0.3, -0.25) is 0 Å². The summed E-state index contributed by atoms with van der Waals surface area (Å²) in [6.45, 7) is 4.04. The molecule has 112 valence electrons. The Morgan fingerprint density at radius 1 is 0.952 bits per heavy atom. The van der Waals surface area contributed by atoms with Gasteiger partial charge in [0, 0.05) is 23.7 Å². The van der Waals surface area contributed by atoms with E-state index in [1.54, 1.807) is 19.2 Å². The molecule has 4 nitrogen and oxygen atoms in total. The van der Waals surface area contributed by atoms with Crippen molar-refractivity contribution in [2.75, 3.05) is 7.11 Å². The maximum absolute atomic E-state index is 9.90. The third-order valence-corrected chi connectivity index (χ3v) is 3.60. The van der Waals surface area contributed by atoms with Crippen molar-refractivity contribution in [3.8, 4) is 17.2 Å². The van der Waals surface area contributed by atoms with Crippen LogP contribution >= 0.6 is 0 Å². The lowest BCUT2D eigenvalue weighted by atomic mass is 10.0. The maximum Gasteiger partial charge on any atom is 0.124 e. The number of aromatic hydroxyl groups is 2. The molecule has 0 spiro atoms. The summed E-state index contributed by atoms with van der Waals surface area (Å²) in [5, 5.41) is 22.7. The zero-order valence-corrected chi connectivity index (χ0v) is 12.5. The molecule has 0 aliphatic carbocycles. The van der Waals surface area contributed by atoms with Crippen molar-refractivity contribution in [3.63, 3.8) is 0 Å². The molecule has 0 aliphatic heterocycles. The molecule has 0 aromatic heterocycles. The van der Waals surface area contributed by atoms with E-state index in [1.807, 2.05) is 31.2 Å². The van der Waals surface area contributed by atoms with Crippen LogP contribution in [0.4, 0.5) is 0 Å². The van der Waals surface area contributed by atoms with Gasteiger partial charge in [-0.15, -0.1) is 0 Å². The van der Waals surface area contributed by atoms with Crippen LogP contribution in [0.15, 0.2) is 42.5 Å². The first-order chi connectivity index (χ1) is 10.0. The summed E-state index contributed by atoms with van der Waals surface area (Å²) in [7, 11) is 1.65. The molecule has 0 bridgehead atoms. The van der Waals surface area contributed by atoms with E-state index in [2.05, 4.69) is 12.2 Å². The van der Waals surface area contributed by atoms with Gasteiger partial charge in [0.05, 0.1) is 7.11 Å². The standard InChI is InChI=1S/C17H21NO3/c1-11(13-4-7-15(21-3)8-5-13)18-12(2)16-9-6-14(19)10-17(16)20/h4-12,18-20H,1-3H3. The lowest BCUT2D eigenvalue weighted by molar-refractivity contribution is 0.413. The number of methoxy groups -OCH3 is 1. The number of ether oxygens (including phenoxy) is 1. The normalized spacial score (nSPS) is 13.7. The summed E-state index contributed by atoms with van der Waals surface area (Å²) in [5.41, 5.74) is 1.90. The van der Waals surface area contributed by atoms with Crippen molar-refractivity contribution in [1.29, 1.82) is 0 Å². The van der Waals surface area contributed by atoms with Gasteiger partial charge in [0.2, 0.25) is 0 Å². The van der Waals surface area contributed by atoms with E-state index in [9.17, 15) is 10.2 Å². The van der Waals surface area contributed by atoms with Crippen LogP contribution in [0.25, 0.3) is 0 Å². The first kappa shape index (κ1) is 15.2. The fraction of sp³-hybridized carbons (Fsp3) is 0.294. The van der Waals surface area contributed by atoms with Gasteiger partial charge in [0.1, 0.15) is 17.2 Å². The molecule has 0 amide bonds. The van der Waals surface area contributed by atoms with Gasteiger partial charge in [-0.1, -0.05) is 18.2 Å². The first-order valence-electron chi connectivity index (χ1n) is 6.93. The average molecular weight is 287 g/mol. The minimum atomic E-state index is -0.0392. The van der Waals surface area contributed by atoms with Crippen LogP contribution in [0.5, 0.6) is 17.2 Å². The number of rotatable bonds is 5. The van der Waals surface area contributed by atoms with Crippen molar-refractivity contribution in [3.05, 3.63) is 53.6 Å². The van der Waals surface area contributed by atoms with Crippen molar-refractivity contribution in [2.45, 2.75) is 25.9 Å². The fourth-order valence-corrected chi connectivity index (χ4v) is 2.35. The van der Waals surface area contributed by atoms with E-state index in [4.69, 9.17) is 4.74 Å². The molecule has 0 saturated heterocycles. The van der Waals surface area contributed by atoms with E-state index in [-0.39, 0.29) is 23.6 Å². The van der Waals surface area contributed by atoms with Crippen LogP contribution in [0.2, 0.25) is 0 Å². The summed E-state index contributed by atoms with van der Waals surface area (Å²) >= 11 is 0. The van der Waals surface area contributed by atoms with Crippen LogP contribution in [0, 0.1) is 0 Å². The molecule has 0 heterocycles. The Balaban J connectivity index is 2.08. The number of nitrogens with one attached hydrogen (secondary N) is 1. The molecule has 0 aliphatic rings. The molecule has 0 radical (unpaired) electrons. The predicted octanol–water partition coefficient (Wildman–Crippen LogP) is 3.52. The Bertz CT molecular complexity index is 595. The van der Waals surface area contributed by atoms with Gasteiger partial charge in [-0.25, -0.2) is 0 Å². The lowest BCUT2D eigenvalue weighted by Crippen LogP contribution is -2.22. The van der Waals surface area contributed by atoms with Gasteiger partial charge in [0.25, 0.3) is 0 Å². The summed E-state index contributed by atoms with van der Waals surface area (Å²) < 4.78 is 5.15. The van der Waals surface area contributed by atoms with Crippen LogP contribution in [0.3, 0.4) is 0 Å². The monoisotopic (exact) mass is 287 g/mol. The highest BCUT2D eigenvalue weighted by Gasteiger charge is 2.14. The molecule has 2 rings (SSSR count). The van der Waals surface area contributed by atoms with Gasteiger partial charge in [0.15, 0.2) is 0 Å². The zero-order chi connectivity index (χ0) is 15.4.